The zero-order chi connectivity index (χ0) is 31.9. The molecule has 226 valence electrons. The fourth-order valence-electron chi connectivity index (χ4n) is 8.56. The SMILES string of the molecule is Cc1ccc(C2(c3ccc(C)cc3)c3ccccc3-c3sc4c(c32)C(c2ccc(C)cc2)(c2ccc(C)cc2)c2ccccc2-4)cc1. The van der Waals surface area contributed by atoms with Gasteiger partial charge in [0.2, 0.25) is 0 Å². The smallest absolute Gasteiger partial charge is 0.0725 e. The highest BCUT2D eigenvalue weighted by Crippen LogP contribution is 2.68. The van der Waals surface area contributed by atoms with Crippen LogP contribution in [0.2, 0.25) is 0 Å². The van der Waals surface area contributed by atoms with Crippen LogP contribution in [-0.2, 0) is 10.8 Å². The van der Waals surface area contributed by atoms with Gasteiger partial charge in [0.25, 0.3) is 0 Å². The summed E-state index contributed by atoms with van der Waals surface area (Å²) in [5.41, 5.74) is 17.7. The molecule has 0 fully saturated rings. The molecule has 2 aliphatic rings. The lowest BCUT2D eigenvalue weighted by molar-refractivity contribution is 0.707. The summed E-state index contributed by atoms with van der Waals surface area (Å²) in [5.74, 6) is 0. The maximum atomic E-state index is 2.38. The van der Waals surface area contributed by atoms with Gasteiger partial charge in [-0.2, -0.15) is 0 Å². The van der Waals surface area contributed by atoms with Gasteiger partial charge >= 0.3 is 0 Å². The summed E-state index contributed by atoms with van der Waals surface area (Å²) >= 11 is 1.99. The molecule has 47 heavy (non-hydrogen) atoms. The second-order valence-electron chi connectivity index (χ2n) is 13.6. The molecule has 0 aliphatic heterocycles. The Labute approximate surface area is 282 Å². The van der Waals surface area contributed by atoms with Crippen molar-refractivity contribution in [1.82, 2.24) is 0 Å². The molecule has 1 aromatic heterocycles. The monoisotopic (exact) mass is 620 g/mol. The number of benzene rings is 6. The Bertz CT molecular complexity index is 2040. The highest BCUT2D eigenvalue weighted by atomic mass is 32.1. The summed E-state index contributed by atoms with van der Waals surface area (Å²) in [4.78, 5) is 2.79. The van der Waals surface area contributed by atoms with Gasteiger partial charge in [-0.05, 0) is 83.3 Å². The third-order valence-corrected chi connectivity index (χ3v) is 12.0. The van der Waals surface area contributed by atoms with Crippen molar-refractivity contribution in [3.8, 4) is 20.9 Å². The minimum atomic E-state index is -0.486. The van der Waals surface area contributed by atoms with Gasteiger partial charge in [0.1, 0.15) is 0 Å². The van der Waals surface area contributed by atoms with Crippen LogP contribution < -0.4 is 0 Å². The second kappa shape index (κ2) is 10.3. The molecule has 0 radical (unpaired) electrons. The second-order valence-corrected chi connectivity index (χ2v) is 14.6. The van der Waals surface area contributed by atoms with E-state index in [-0.39, 0.29) is 0 Å². The van der Waals surface area contributed by atoms with Crippen LogP contribution in [0.25, 0.3) is 20.9 Å². The maximum Gasteiger partial charge on any atom is 0.0725 e. The van der Waals surface area contributed by atoms with Crippen molar-refractivity contribution in [3.63, 3.8) is 0 Å². The highest BCUT2D eigenvalue weighted by molar-refractivity contribution is 7.19. The first kappa shape index (κ1) is 28.3. The van der Waals surface area contributed by atoms with Crippen LogP contribution >= 0.6 is 11.3 Å². The van der Waals surface area contributed by atoms with Crippen LogP contribution in [-0.4, -0.2) is 0 Å². The summed E-state index contributed by atoms with van der Waals surface area (Å²) in [7, 11) is 0. The molecular weight excluding hydrogens is 585 g/mol. The molecule has 2 aliphatic carbocycles. The lowest BCUT2D eigenvalue weighted by Crippen LogP contribution is -2.35. The van der Waals surface area contributed by atoms with E-state index >= 15 is 0 Å². The first-order valence-corrected chi connectivity index (χ1v) is 17.4. The van der Waals surface area contributed by atoms with E-state index in [1.807, 2.05) is 11.3 Å². The first-order valence-electron chi connectivity index (χ1n) is 16.6. The summed E-state index contributed by atoms with van der Waals surface area (Å²) in [5, 5.41) is 0. The van der Waals surface area contributed by atoms with Gasteiger partial charge in [0, 0.05) is 9.75 Å². The Balaban J connectivity index is 1.52. The van der Waals surface area contributed by atoms with E-state index in [4.69, 9.17) is 0 Å². The Hall–Kier alpha value is -4.98. The largest absolute Gasteiger partial charge is 0.134 e. The predicted molar refractivity (Wildman–Crippen MR) is 198 cm³/mol. The van der Waals surface area contributed by atoms with Crippen LogP contribution in [0.3, 0.4) is 0 Å². The Morgan fingerprint density at radius 3 is 0.915 bits per heavy atom. The number of thiophene rings is 1. The molecule has 0 unspecified atom stereocenters. The molecule has 7 aromatic rings. The number of aryl methyl sites for hydroxylation is 4. The number of hydrogen-bond donors (Lipinski definition) is 0. The summed E-state index contributed by atoms with van der Waals surface area (Å²) in [6.45, 7) is 8.76. The molecule has 0 amide bonds. The van der Waals surface area contributed by atoms with Crippen molar-refractivity contribution in [3.05, 3.63) is 212 Å². The number of fused-ring (bicyclic) bond motifs is 7. The molecule has 0 atom stereocenters. The quantitative estimate of drug-likeness (QED) is 0.184. The molecule has 0 N–H and O–H groups in total. The van der Waals surface area contributed by atoms with Gasteiger partial charge < -0.3 is 0 Å². The minimum Gasteiger partial charge on any atom is -0.134 e. The van der Waals surface area contributed by atoms with Crippen molar-refractivity contribution in [1.29, 1.82) is 0 Å². The molecule has 6 aromatic carbocycles. The summed E-state index contributed by atoms with van der Waals surface area (Å²) in [6.07, 6.45) is 0. The number of hydrogen-bond acceptors (Lipinski definition) is 1. The third-order valence-electron chi connectivity index (χ3n) is 10.7. The van der Waals surface area contributed by atoms with Gasteiger partial charge in [-0.1, -0.05) is 168 Å². The molecule has 9 rings (SSSR count). The Kier molecular flexibility index (Phi) is 6.17. The van der Waals surface area contributed by atoms with E-state index in [0.717, 1.165) is 0 Å². The molecule has 0 saturated carbocycles. The maximum absolute atomic E-state index is 2.38. The molecule has 1 heteroatoms. The van der Waals surface area contributed by atoms with Crippen LogP contribution in [0.1, 0.15) is 66.8 Å². The molecule has 0 saturated heterocycles. The first-order chi connectivity index (χ1) is 22.9. The molecular formula is C46H36S. The van der Waals surface area contributed by atoms with Gasteiger partial charge in [0.15, 0.2) is 0 Å². The van der Waals surface area contributed by atoms with Crippen LogP contribution in [0.4, 0.5) is 0 Å². The minimum absolute atomic E-state index is 0.486. The average molecular weight is 621 g/mol. The van der Waals surface area contributed by atoms with Crippen LogP contribution in [0, 0.1) is 27.7 Å². The Morgan fingerprint density at radius 2 is 0.617 bits per heavy atom. The Morgan fingerprint density at radius 1 is 0.340 bits per heavy atom. The van der Waals surface area contributed by atoms with Gasteiger partial charge in [-0.25, -0.2) is 0 Å². The normalized spacial score (nSPS) is 14.7. The van der Waals surface area contributed by atoms with Crippen LogP contribution in [0.15, 0.2) is 146 Å². The van der Waals surface area contributed by atoms with E-state index in [1.54, 1.807) is 0 Å². The van der Waals surface area contributed by atoms with Crippen molar-refractivity contribution in [2.24, 2.45) is 0 Å². The fraction of sp³-hybridized carbons (Fsp3) is 0.130. The average Bonchev–Trinajstić information content (AvgIpc) is 3.71. The lowest BCUT2D eigenvalue weighted by Gasteiger charge is -2.39. The zero-order valence-electron chi connectivity index (χ0n) is 27.3. The molecule has 0 nitrogen and oxygen atoms in total. The zero-order valence-corrected chi connectivity index (χ0v) is 28.1. The van der Waals surface area contributed by atoms with E-state index in [0.29, 0.717) is 0 Å². The van der Waals surface area contributed by atoms with Crippen molar-refractivity contribution in [2.45, 2.75) is 38.5 Å². The van der Waals surface area contributed by atoms with Crippen molar-refractivity contribution < 1.29 is 0 Å². The van der Waals surface area contributed by atoms with Crippen molar-refractivity contribution >= 4 is 11.3 Å². The van der Waals surface area contributed by atoms with E-state index in [2.05, 4.69) is 173 Å². The lowest BCUT2D eigenvalue weighted by atomic mass is 9.61. The van der Waals surface area contributed by atoms with Crippen LogP contribution in [0.5, 0.6) is 0 Å². The fourth-order valence-corrected chi connectivity index (χ4v) is 10.1. The van der Waals surface area contributed by atoms with Gasteiger partial charge in [0.05, 0.1) is 10.8 Å². The third kappa shape index (κ3) is 3.75. The molecule has 0 spiro atoms. The van der Waals surface area contributed by atoms with Crippen molar-refractivity contribution in [2.75, 3.05) is 0 Å². The predicted octanol–water partition coefficient (Wildman–Crippen LogP) is 11.7. The molecule has 0 bridgehead atoms. The molecule has 1 heterocycles. The topological polar surface area (TPSA) is 0 Å². The van der Waals surface area contributed by atoms with E-state index < -0.39 is 10.8 Å². The van der Waals surface area contributed by atoms with E-state index in [9.17, 15) is 0 Å². The van der Waals surface area contributed by atoms with E-state index in [1.165, 1.54) is 87.6 Å². The number of rotatable bonds is 4. The summed E-state index contributed by atoms with van der Waals surface area (Å²) in [6, 6.07) is 55.8. The standard InChI is InChI=1S/C46H36S/c1-29-13-21-33(22-14-29)45(34-23-15-30(2)16-24-34)39-11-7-5-9-37(39)43-41(45)42-44(47-43)38-10-6-8-12-40(38)46(42,35-25-17-31(3)18-26-35)36-27-19-32(4)20-28-36/h5-28H,1-4H3. The summed E-state index contributed by atoms with van der Waals surface area (Å²) < 4.78 is 0. The van der Waals surface area contributed by atoms with Gasteiger partial charge in [-0.3, -0.25) is 0 Å². The van der Waals surface area contributed by atoms with Gasteiger partial charge in [-0.15, -0.1) is 11.3 Å². The highest BCUT2D eigenvalue weighted by Gasteiger charge is 2.57.